The second-order valence-corrected chi connectivity index (χ2v) is 4.31. The van der Waals surface area contributed by atoms with E-state index in [1.54, 1.807) is 6.92 Å². The van der Waals surface area contributed by atoms with Gasteiger partial charge in [-0.05, 0) is 19.1 Å². The van der Waals surface area contributed by atoms with E-state index in [0.717, 1.165) is 5.56 Å². The van der Waals surface area contributed by atoms with E-state index in [4.69, 9.17) is 0 Å². The summed E-state index contributed by atoms with van der Waals surface area (Å²) in [6.45, 7) is 1.76. The van der Waals surface area contributed by atoms with Crippen LogP contribution in [0.1, 0.15) is 5.56 Å². The second kappa shape index (κ2) is 4.39. The molecule has 0 unspecified atom stereocenters. The maximum atomic E-state index is 12.3. The molecular weight excluding hydrogens is 226 g/mol. The molecule has 0 amide bonds. The zero-order chi connectivity index (χ0) is 11.5. The lowest BCUT2D eigenvalue weighted by Crippen LogP contribution is -2.04. The van der Waals surface area contributed by atoms with Crippen LogP contribution in [-0.4, -0.2) is 8.42 Å². The minimum absolute atomic E-state index is 0.231. The van der Waals surface area contributed by atoms with Crippen LogP contribution in [0.25, 0.3) is 0 Å². The Hall–Kier alpha value is -1.43. The van der Waals surface area contributed by atoms with Crippen molar-refractivity contribution in [3.63, 3.8) is 0 Å². The van der Waals surface area contributed by atoms with Crippen LogP contribution < -0.4 is 0 Å². The number of aryl methyl sites for hydroxylation is 1. The molecule has 0 bridgehead atoms. The van der Waals surface area contributed by atoms with Crippen molar-refractivity contribution in [1.82, 2.24) is 0 Å². The third-order valence-corrected chi connectivity index (χ3v) is 2.81. The van der Waals surface area contributed by atoms with Gasteiger partial charge < -0.3 is 4.18 Å². The standard InChI is InChI=1S/C9H8F2O3S/c1-7-2-4-8(5-3-7)15(12,13)14-9(11)6-10/h2-6H,1H3/b9-6+. The summed E-state index contributed by atoms with van der Waals surface area (Å²) >= 11 is 0. The zero-order valence-electron chi connectivity index (χ0n) is 7.78. The van der Waals surface area contributed by atoms with Gasteiger partial charge in [0.05, 0.1) is 0 Å². The molecule has 0 aromatic heterocycles. The highest BCUT2D eigenvalue weighted by molar-refractivity contribution is 7.86. The summed E-state index contributed by atoms with van der Waals surface area (Å²) in [5.41, 5.74) is 0.843. The number of benzene rings is 1. The number of hydrogen-bond acceptors (Lipinski definition) is 3. The third kappa shape index (κ3) is 3.02. The molecule has 0 N–H and O–H groups in total. The summed E-state index contributed by atoms with van der Waals surface area (Å²) in [5.74, 6) is 0. The summed E-state index contributed by atoms with van der Waals surface area (Å²) in [7, 11) is -4.27. The van der Waals surface area contributed by atoms with Crippen molar-refractivity contribution >= 4 is 10.1 Å². The molecule has 15 heavy (non-hydrogen) atoms. The van der Waals surface area contributed by atoms with Crippen molar-refractivity contribution in [1.29, 1.82) is 0 Å². The maximum absolute atomic E-state index is 12.3. The molecule has 1 aromatic rings. The van der Waals surface area contributed by atoms with Gasteiger partial charge in [-0.1, -0.05) is 17.7 Å². The molecule has 1 aromatic carbocycles. The van der Waals surface area contributed by atoms with E-state index in [9.17, 15) is 17.2 Å². The van der Waals surface area contributed by atoms with Crippen LogP contribution in [0.4, 0.5) is 8.78 Å². The predicted molar refractivity (Wildman–Crippen MR) is 49.7 cm³/mol. The Morgan fingerprint density at radius 2 is 1.87 bits per heavy atom. The fraction of sp³-hybridized carbons (Fsp3) is 0.111. The van der Waals surface area contributed by atoms with Crippen molar-refractivity contribution < 1.29 is 21.4 Å². The maximum Gasteiger partial charge on any atom is 0.341 e. The Balaban J connectivity index is 3.02. The predicted octanol–water partition coefficient (Wildman–Crippen LogP) is 2.44. The Bertz CT molecular complexity index is 463. The van der Waals surface area contributed by atoms with Crippen LogP contribution in [0.5, 0.6) is 0 Å². The molecule has 0 atom stereocenters. The van der Waals surface area contributed by atoms with Gasteiger partial charge in [-0.25, -0.2) is 4.39 Å². The molecule has 0 radical (unpaired) electrons. The van der Waals surface area contributed by atoms with Crippen molar-refractivity contribution in [3.05, 3.63) is 42.2 Å². The average Bonchev–Trinajstić information content (AvgIpc) is 2.17. The van der Waals surface area contributed by atoms with E-state index < -0.39 is 22.5 Å². The van der Waals surface area contributed by atoms with E-state index >= 15 is 0 Å². The fourth-order valence-electron chi connectivity index (χ4n) is 0.876. The number of halogens is 2. The van der Waals surface area contributed by atoms with Crippen LogP contribution in [0.3, 0.4) is 0 Å². The van der Waals surface area contributed by atoms with Crippen molar-refractivity contribution in [3.8, 4) is 0 Å². The molecule has 0 saturated carbocycles. The van der Waals surface area contributed by atoms with Gasteiger partial charge in [-0.15, -0.1) is 0 Å². The number of rotatable bonds is 3. The molecular formula is C9H8F2O3S. The van der Waals surface area contributed by atoms with E-state index in [1.165, 1.54) is 24.3 Å². The summed E-state index contributed by atoms with van der Waals surface area (Å²) in [4.78, 5) is -0.231. The number of hydrogen-bond donors (Lipinski definition) is 0. The molecule has 1 rings (SSSR count). The van der Waals surface area contributed by atoms with Crippen LogP contribution in [0.15, 0.2) is 41.5 Å². The minimum atomic E-state index is -4.27. The minimum Gasteiger partial charge on any atom is -0.346 e. The van der Waals surface area contributed by atoms with Crippen LogP contribution in [0.2, 0.25) is 0 Å². The lowest BCUT2D eigenvalue weighted by Gasteiger charge is -2.03. The van der Waals surface area contributed by atoms with Crippen molar-refractivity contribution in [2.75, 3.05) is 0 Å². The van der Waals surface area contributed by atoms with E-state index in [2.05, 4.69) is 4.18 Å². The summed E-state index contributed by atoms with van der Waals surface area (Å²) < 4.78 is 50.1. The Morgan fingerprint density at radius 3 is 2.33 bits per heavy atom. The van der Waals surface area contributed by atoms with Gasteiger partial charge in [0.25, 0.3) is 0 Å². The first kappa shape index (κ1) is 11.6. The third-order valence-electron chi connectivity index (χ3n) is 1.58. The first-order valence-corrected chi connectivity index (χ1v) is 5.33. The van der Waals surface area contributed by atoms with Gasteiger partial charge in [-0.3, -0.25) is 0 Å². The molecule has 0 aliphatic rings. The Morgan fingerprint density at radius 1 is 1.33 bits per heavy atom. The zero-order valence-corrected chi connectivity index (χ0v) is 8.59. The molecule has 82 valence electrons. The first-order chi connectivity index (χ1) is 6.95. The van der Waals surface area contributed by atoms with Gasteiger partial charge in [-0.2, -0.15) is 12.8 Å². The quantitative estimate of drug-likeness (QED) is 0.596. The highest BCUT2D eigenvalue weighted by Gasteiger charge is 2.17. The summed E-state index contributed by atoms with van der Waals surface area (Å²) in [6, 6.07) is 3.74. The van der Waals surface area contributed by atoms with E-state index in [-0.39, 0.29) is 4.90 Å². The average molecular weight is 234 g/mol. The summed E-state index contributed by atoms with van der Waals surface area (Å²) in [6.07, 6.45) is -0.564. The molecule has 0 heterocycles. The monoisotopic (exact) mass is 234 g/mol. The SMILES string of the molecule is Cc1ccc(S(=O)(=O)O/C(F)=C/F)cc1. The van der Waals surface area contributed by atoms with Gasteiger partial charge in [0.1, 0.15) is 4.90 Å². The van der Waals surface area contributed by atoms with Gasteiger partial charge in [0.2, 0.25) is 0 Å². The molecule has 0 aliphatic carbocycles. The lowest BCUT2D eigenvalue weighted by molar-refractivity contribution is 0.292. The first-order valence-electron chi connectivity index (χ1n) is 3.93. The topological polar surface area (TPSA) is 43.4 Å². The molecule has 0 fully saturated rings. The Kier molecular flexibility index (Phi) is 3.41. The summed E-state index contributed by atoms with van der Waals surface area (Å²) in [5, 5.41) is 0. The largest absolute Gasteiger partial charge is 0.346 e. The second-order valence-electron chi connectivity index (χ2n) is 2.76. The van der Waals surface area contributed by atoms with E-state index in [0.29, 0.717) is 0 Å². The van der Waals surface area contributed by atoms with Gasteiger partial charge >= 0.3 is 16.1 Å². The van der Waals surface area contributed by atoms with Crippen molar-refractivity contribution in [2.45, 2.75) is 11.8 Å². The van der Waals surface area contributed by atoms with E-state index in [1.807, 2.05) is 0 Å². The van der Waals surface area contributed by atoms with Gasteiger partial charge in [0, 0.05) is 0 Å². The van der Waals surface area contributed by atoms with Crippen LogP contribution in [0, 0.1) is 6.92 Å². The van der Waals surface area contributed by atoms with Crippen molar-refractivity contribution in [2.24, 2.45) is 0 Å². The van der Waals surface area contributed by atoms with Crippen LogP contribution >= 0.6 is 0 Å². The molecule has 3 nitrogen and oxygen atoms in total. The lowest BCUT2D eigenvalue weighted by atomic mass is 10.2. The Labute approximate surface area is 86.1 Å². The molecule has 0 aliphatic heterocycles. The normalized spacial score (nSPS) is 12.6. The molecule has 0 spiro atoms. The fourth-order valence-corrected chi connectivity index (χ4v) is 1.69. The smallest absolute Gasteiger partial charge is 0.341 e. The molecule has 6 heteroatoms. The molecule has 0 saturated heterocycles. The highest BCUT2D eigenvalue weighted by Crippen LogP contribution is 2.16. The highest BCUT2D eigenvalue weighted by atomic mass is 32.2. The van der Waals surface area contributed by atoms with Gasteiger partial charge in [0.15, 0.2) is 6.33 Å². The van der Waals surface area contributed by atoms with Crippen LogP contribution in [-0.2, 0) is 14.3 Å².